The van der Waals surface area contributed by atoms with Crippen LogP contribution in [0.15, 0.2) is 109 Å². The summed E-state index contributed by atoms with van der Waals surface area (Å²) < 4.78 is 5.81. The first-order chi connectivity index (χ1) is 18.2. The molecule has 5 nitrogen and oxygen atoms in total. The molecule has 1 aliphatic rings. The van der Waals surface area contributed by atoms with Crippen molar-refractivity contribution in [3.05, 3.63) is 131 Å². The highest BCUT2D eigenvalue weighted by atomic mass is 32.2. The van der Waals surface area contributed by atoms with Crippen LogP contribution >= 0.6 is 11.8 Å². The molecule has 0 unspecified atom stereocenters. The number of nitrogens with one attached hydrogen (secondary N) is 1. The lowest BCUT2D eigenvalue weighted by atomic mass is 10.1. The van der Waals surface area contributed by atoms with E-state index in [4.69, 9.17) is 4.74 Å². The molecule has 1 aliphatic heterocycles. The SMILES string of the molecule is O=C(Nc1ccc(OCc2ccccc2)cc1)c1ccc([C@H]2SCC(=O)N2CCc2ccccc2)cc1. The molecule has 186 valence electrons. The van der Waals surface area contributed by atoms with Crippen LogP contribution in [0, 0.1) is 0 Å². The maximum atomic E-state index is 12.8. The monoisotopic (exact) mass is 508 g/mol. The molecular formula is C31H28N2O3S. The molecule has 1 atom stereocenters. The summed E-state index contributed by atoms with van der Waals surface area (Å²) in [6.45, 7) is 1.17. The molecule has 1 heterocycles. The summed E-state index contributed by atoms with van der Waals surface area (Å²) in [6.07, 6.45) is 0.820. The summed E-state index contributed by atoms with van der Waals surface area (Å²) in [6, 6.07) is 35.1. The Labute approximate surface area is 221 Å². The van der Waals surface area contributed by atoms with E-state index in [2.05, 4.69) is 17.4 Å². The van der Waals surface area contributed by atoms with E-state index in [1.54, 1.807) is 11.8 Å². The zero-order valence-electron chi connectivity index (χ0n) is 20.4. The Kier molecular flexibility index (Phi) is 7.87. The van der Waals surface area contributed by atoms with E-state index in [0.29, 0.717) is 30.2 Å². The largest absolute Gasteiger partial charge is 0.489 e. The van der Waals surface area contributed by atoms with Crippen molar-refractivity contribution in [2.24, 2.45) is 0 Å². The zero-order valence-corrected chi connectivity index (χ0v) is 21.2. The molecule has 1 fully saturated rings. The van der Waals surface area contributed by atoms with Crippen molar-refractivity contribution in [2.75, 3.05) is 17.6 Å². The summed E-state index contributed by atoms with van der Waals surface area (Å²) >= 11 is 1.63. The Bertz CT molecular complexity index is 1330. The van der Waals surface area contributed by atoms with Crippen LogP contribution in [-0.2, 0) is 17.8 Å². The second kappa shape index (κ2) is 11.8. The van der Waals surface area contributed by atoms with Gasteiger partial charge in [-0.15, -0.1) is 11.8 Å². The highest BCUT2D eigenvalue weighted by molar-refractivity contribution is 8.00. The molecule has 0 aliphatic carbocycles. The average molecular weight is 509 g/mol. The fourth-order valence-electron chi connectivity index (χ4n) is 4.24. The van der Waals surface area contributed by atoms with E-state index >= 15 is 0 Å². The highest BCUT2D eigenvalue weighted by Crippen LogP contribution is 2.38. The topological polar surface area (TPSA) is 58.6 Å². The van der Waals surface area contributed by atoms with Gasteiger partial charge in [0, 0.05) is 17.8 Å². The lowest BCUT2D eigenvalue weighted by Gasteiger charge is -2.24. The Balaban J connectivity index is 1.16. The highest BCUT2D eigenvalue weighted by Gasteiger charge is 2.32. The molecule has 5 rings (SSSR count). The predicted molar refractivity (Wildman–Crippen MR) is 149 cm³/mol. The maximum Gasteiger partial charge on any atom is 0.255 e. The summed E-state index contributed by atoms with van der Waals surface area (Å²) in [4.78, 5) is 27.3. The van der Waals surface area contributed by atoms with Crippen molar-refractivity contribution in [3.63, 3.8) is 0 Å². The Hall–Kier alpha value is -4.03. The van der Waals surface area contributed by atoms with Crippen molar-refractivity contribution in [3.8, 4) is 5.75 Å². The van der Waals surface area contributed by atoms with Crippen LogP contribution in [0.4, 0.5) is 5.69 Å². The molecule has 4 aromatic rings. The summed E-state index contributed by atoms with van der Waals surface area (Å²) in [5.41, 5.74) is 4.61. The third-order valence-electron chi connectivity index (χ3n) is 6.27. The van der Waals surface area contributed by atoms with Crippen molar-refractivity contribution in [1.82, 2.24) is 4.90 Å². The van der Waals surface area contributed by atoms with Gasteiger partial charge in [-0.1, -0.05) is 72.8 Å². The van der Waals surface area contributed by atoms with Crippen LogP contribution in [0.2, 0.25) is 0 Å². The van der Waals surface area contributed by atoms with Gasteiger partial charge in [0.1, 0.15) is 17.7 Å². The van der Waals surface area contributed by atoms with Crippen LogP contribution in [0.5, 0.6) is 5.75 Å². The van der Waals surface area contributed by atoms with Gasteiger partial charge in [-0.05, 0) is 59.5 Å². The minimum atomic E-state index is -0.180. The van der Waals surface area contributed by atoms with E-state index in [1.165, 1.54) is 5.56 Å². The lowest BCUT2D eigenvalue weighted by molar-refractivity contribution is -0.128. The second-order valence-corrected chi connectivity index (χ2v) is 9.93. The van der Waals surface area contributed by atoms with Gasteiger partial charge in [0.25, 0.3) is 5.91 Å². The van der Waals surface area contributed by atoms with Gasteiger partial charge in [-0.25, -0.2) is 0 Å². The molecule has 0 saturated carbocycles. The number of hydrogen-bond donors (Lipinski definition) is 1. The molecule has 0 aromatic heterocycles. The summed E-state index contributed by atoms with van der Waals surface area (Å²) in [5.74, 6) is 1.20. The number of thioether (sulfide) groups is 1. The molecular weight excluding hydrogens is 480 g/mol. The van der Waals surface area contributed by atoms with Gasteiger partial charge in [0.2, 0.25) is 5.91 Å². The standard InChI is InChI=1S/C31H28N2O3S/c34-29-22-37-31(33(29)20-19-23-7-3-1-4-8-23)26-13-11-25(12-14-26)30(35)32-27-15-17-28(18-16-27)36-21-24-9-5-2-6-10-24/h1-18,31H,19-22H2,(H,32,35)/t31-/m1/s1. The average Bonchev–Trinajstić information content (AvgIpc) is 3.32. The lowest BCUT2D eigenvalue weighted by Crippen LogP contribution is -2.30. The van der Waals surface area contributed by atoms with E-state index in [1.807, 2.05) is 102 Å². The van der Waals surface area contributed by atoms with Crippen molar-refractivity contribution < 1.29 is 14.3 Å². The molecule has 1 saturated heterocycles. The van der Waals surface area contributed by atoms with E-state index in [9.17, 15) is 9.59 Å². The Morgan fingerprint density at radius 2 is 1.49 bits per heavy atom. The molecule has 0 spiro atoms. The first-order valence-corrected chi connectivity index (χ1v) is 13.3. The van der Waals surface area contributed by atoms with Crippen molar-refractivity contribution in [1.29, 1.82) is 0 Å². The molecule has 0 radical (unpaired) electrons. The minimum Gasteiger partial charge on any atom is -0.489 e. The van der Waals surface area contributed by atoms with Crippen LogP contribution < -0.4 is 10.1 Å². The predicted octanol–water partition coefficient (Wildman–Crippen LogP) is 6.33. The van der Waals surface area contributed by atoms with Gasteiger partial charge in [0.15, 0.2) is 0 Å². The van der Waals surface area contributed by atoms with Gasteiger partial charge in [-0.3, -0.25) is 9.59 Å². The van der Waals surface area contributed by atoms with Gasteiger partial charge in [0.05, 0.1) is 5.75 Å². The Morgan fingerprint density at radius 1 is 0.838 bits per heavy atom. The number of benzene rings is 4. The number of hydrogen-bond acceptors (Lipinski definition) is 4. The second-order valence-electron chi connectivity index (χ2n) is 8.86. The summed E-state index contributed by atoms with van der Waals surface area (Å²) in [5, 5.41) is 2.91. The molecule has 2 amide bonds. The first kappa shape index (κ1) is 24.7. The zero-order chi connectivity index (χ0) is 25.5. The van der Waals surface area contributed by atoms with Crippen molar-refractivity contribution >= 4 is 29.3 Å². The van der Waals surface area contributed by atoms with E-state index in [0.717, 1.165) is 23.3 Å². The van der Waals surface area contributed by atoms with Crippen molar-refractivity contribution in [2.45, 2.75) is 18.4 Å². The number of nitrogens with zero attached hydrogens (tertiary/aromatic N) is 1. The first-order valence-electron chi connectivity index (χ1n) is 12.3. The van der Waals surface area contributed by atoms with E-state index < -0.39 is 0 Å². The molecule has 0 bridgehead atoms. The Morgan fingerprint density at radius 3 is 2.16 bits per heavy atom. The van der Waals surface area contributed by atoms with Gasteiger partial charge < -0.3 is 15.0 Å². The quantitative estimate of drug-likeness (QED) is 0.287. The van der Waals surface area contributed by atoms with Gasteiger partial charge >= 0.3 is 0 Å². The number of carbonyl (C=O) groups is 2. The summed E-state index contributed by atoms with van der Waals surface area (Å²) in [7, 11) is 0. The van der Waals surface area contributed by atoms with Crippen LogP contribution in [0.25, 0.3) is 0 Å². The smallest absolute Gasteiger partial charge is 0.255 e. The number of rotatable bonds is 9. The molecule has 6 heteroatoms. The fraction of sp³-hybridized carbons (Fsp3) is 0.161. The number of carbonyl (C=O) groups excluding carboxylic acids is 2. The maximum absolute atomic E-state index is 12.8. The third-order valence-corrected chi connectivity index (χ3v) is 7.53. The van der Waals surface area contributed by atoms with E-state index in [-0.39, 0.29) is 17.2 Å². The molecule has 1 N–H and O–H groups in total. The number of anilines is 1. The molecule has 37 heavy (non-hydrogen) atoms. The van der Waals surface area contributed by atoms with Crippen LogP contribution in [0.3, 0.4) is 0 Å². The minimum absolute atomic E-state index is 0.0308. The van der Waals surface area contributed by atoms with Crippen LogP contribution in [0.1, 0.15) is 32.4 Å². The third kappa shape index (κ3) is 6.40. The normalized spacial score (nSPS) is 15.0. The number of ether oxygens (including phenoxy) is 1. The van der Waals surface area contributed by atoms with Crippen LogP contribution in [-0.4, -0.2) is 29.0 Å². The fourth-order valence-corrected chi connectivity index (χ4v) is 5.46. The van der Waals surface area contributed by atoms with Gasteiger partial charge in [-0.2, -0.15) is 0 Å². The molecule has 4 aromatic carbocycles. The number of amides is 2.